The number of nitrogens with zero attached hydrogens (tertiary/aromatic N) is 4. The van der Waals surface area contributed by atoms with Crippen LogP contribution in [0, 0.1) is 51.2 Å². The molecule has 0 N–H and O–H groups in total. The van der Waals surface area contributed by atoms with Gasteiger partial charge >= 0.3 is 24.7 Å². The van der Waals surface area contributed by atoms with E-state index in [2.05, 4.69) is 0 Å². The molecule has 294 valence electrons. The van der Waals surface area contributed by atoms with Crippen molar-refractivity contribution in [1.82, 2.24) is 0 Å². The molecule has 0 bridgehead atoms. The van der Waals surface area contributed by atoms with Crippen LogP contribution in [0.2, 0.25) is 0 Å². The number of benzene rings is 4. The van der Waals surface area contributed by atoms with Crippen LogP contribution in [-0.4, -0.2) is 0 Å². The topological polar surface area (TPSA) is 95.2 Å². The van der Waals surface area contributed by atoms with Crippen molar-refractivity contribution in [1.29, 1.82) is 21.0 Å². The van der Waals surface area contributed by atoms with Gasteiger partial charge in [-0.2, -0.15) is 73.7 Å². The van der Waals surface area contributed by atoms with E-state index in [1.165, 1.54) is 48.6 Å². The molecule has 7 rings (SSSR count). The summed E-state index contributed by atoms with van der Waals surface area (Å²) in [6.07, 6.45) is -16.5. The highest BCUT2D eigenvalue weighted by Crippen LogP contribution is 2.59. The molecule has 0 saturated heterocycles. The van der Waals surface area contributed by atoms with Crippen LogP contribution in [-0.2, 0) is 30.1 Å². The lowest BCUT2D eigenvalue weighted by atomic mass is 9.70. The molecule has 3 aliphatic rings. The van der Waals surface area contributed by atoms with E-state index in [1.54, 1.807) is 31.2 Å². The SMILES string of the molecule is CC12C=CC(c3cc(C(F)(F)F)cc(C(F)(F)F)c3)=CC1C(=C(C#N)C#N)c1cc3c(cc12)C(=C(C#N)C#N)c1cc(-c2cc(C(F)(F)F)cc(C(F)(F)F)c2)ccc1-3. The third-order valence-corrected chi connectivity index (χ3v) is 10.6. The first kappa shape index (κ1) is 40.2. The van der Waals surface area contributed by atoms with Gasteiger partial charge in [0.25, 0.3) is 0 Å². The monoisotopic (exact) mass is 818 g/mol. The zero-order valence-corrected chi connectivity index (χ0v) is 29.5. The van der Waals surface area contributed by atoms with E-state index >= 15 is 0 Å². The summed E-state index contributed by atoms with van der Waals surface area (Å²) in [5.74, 6) is -1.04. The van der Waals surface area contributed by atoms with Gasteiger partial charge in [0.15, 0.2) is 0 Å². The third-order valence-electron chi connectivity index (χ3n) is 10.6. The Morgan fingerprint density at radius 1 is 0.508 bits per heavy atom. The molecule has 4 aromatic rings. The fourth-order valence-electron chi connectivity index (χ4n) is 7.87. The van der Waals surface area contributed by atoms with Gasteiger partial charge in [0, 0.05) is 16.9 Å². The van der Waals surface area contributed by atoms with Gasteiger partial charge in [0.1, 0.15) is 35.4 Å². The van der Waals surface area contributed by atoms with E-state index in [9.17, 15) is 73.7 Å². The molecule has 59 heavy (non-hydrogen) atoms. The summed E-state index contributed by atoms with van der Waals surface area (Å²) in [6, 6.07) is 16.1. The second-order valence-corrected chi connectivity index (χ2v) is 14.0. The Morgan fingerprint density at radius 2 is 0.983 bits per heavy atom. The molecular weight excluding hydrogens is 800 g/mol. The van der Waals surface area contributed by atoms with Crippen molar-refractivity contribution < 1.29 is 52.7 Å². The van der Waals surface area contributed by atoms with Crippen LogP contribution >= 0.6 is 0 Å². The van der Waals surface area contributed by atoms with Crippen LogP contribution < -0.4 is 0 Å². The summed E-state index contributed by atoms with van der Waals surface area (Å²) in [5, 5.41) is 40.3. The van der Waals surface area contributed by atoms with Crippen molar-refractivity contribution in [3.8, 4) is 46.5 Å². The largest absolute Gasteiger partial charge is 0.416 e. The van der Waals surface area contributed by atoms with E-state index in [0.29, 0.717) is 29.8 Å². The van der Waals surface area contributed by atoms with E-state index in [-0.39, 0.29) is 62.2 Å². The first-order valence-corrected chi connectivity index (χ1v) is 16.9. The molecule has 2 unspecified atom stereocenters. The van der Waals surface area contributed by atoms with Crippen LogP contribution in [0.25, 0.3) is 39.0 Å². The van der Waals surface area contributed by atoms with Crippen molar-refractivity contribution in [2.45, 2.75) is 37.0 Å². The molecule has 0 fully saturated rings. The predicted molar refractivity (Wildman–Crippen MR) is 187 cm³/mol. The molecule has 4 nitrogen and oxygen atoms in total. The zero-order valence-electron chi connectivity index (χ0n) is 29.5. The quantitative estimate of drug-likeness (QED) is 0.131. The molecule has 0 radical (unpaired) electrons. The minimum atomic E-state index is -5.16. The van der Waals surface area contributed by atoms with Gasteiger partial charge in [0.05, 0.1) is 22.3 Å². The number of alkyl halides is 12. The highest BCUT2D eigenvalue weighted by molar-refractivity contribution is 6.07. The summed E-state index contributed by atoms with van der Waals surface area (Å²) in [5.41, 5.74) is -8.17. The third kappa shape index (κ3) is 6.61. The van der Waals surface area contributed by atoms with Gasteiger partial charge in [-0.25, -0.2) is 0 Å². The van der Waals surface area contributed by atoms with Crippen LogP contribution in [0.15, 0.2) is 96.1 Å². The fourth-order valence-corrected chi connectivity index (χ4v) is 7.87. The molecule has 3 aliphatic carbocycles. The van der Waals surface area contributed by atoms with Crippen LogP contribution in [0.1, 0.15) is 57.0 Å². The van der Waals surface area contributed by atoms with Crippen molar-refractivity contribution in [2.75, 3.05) is 0 Å². The number of nitriles is 4. The molecule has 4 aromatic carbocycles. The minimum Gasteiger partial charge on any atom is -0.192 e. The molecule has 0 saturated carbocycles. The smallest absolute Gasteiger partial charge is 0.192 e. The Morgan fingerprint density at radius 3 is 1.46 bits per heavy atom. The molecule has 0 spiro atoms. The van der Waals surface area contributed by atoms with Crippen LogP contribution in [0.5, 0.6) is 0 Å². The molecule has 2 atom stereocenters. The van der Waals surface area contributed by atoms with E-state index in [0.717, 1.165) is 0 Å². The fraction of sp³-hybridized carbons (Fsp3) is 0.163. The van der Waals surface area contributed by atoms with Crippen LogP contribution in [0.3, 0.4) is 0 Å². The summed E-state index contributed by atoms with van der Waals surface area (Å²) in [7, 11) is 0. The number of rotatable bonds is 2. The van der Waals surface area contributed by atoms with Crippen molar-refractivity contribution >= 4 is 16.7 Å². The second-order valence-electron chi connectivity index (χ2n) is 14.0. The molecular formula is C43H18F12N4. The molecule has 0 aliphatic heterocycles. The van der Waals surface area contributed by atoms with Crippen molar-refractivity contribution in [3.05, 3.63) is 146 Å². The lowest BCUT2D eigenvalue weighted by Gasteiger charge is -2.32. The van der Waals surface area contributed by atoms with E-state index < -0.39 is 80.6 Å². The van der Waals surface area contributed by atoms with Crippen LogP contribution in [0.4, 0.5) is 52.7 Å². The number of hydrogen-bond donors (Lipinski definition) is 0. The maximum atomic E-state index is 13.8. The molecule has 0 aromatic heterocycles. The van der Waals surface area contributed by atoms with Gasteiger partial charge < -0.3 is 0 Å². The molecule has 0 heterocycles. The molecule has 0 amide bonds. The second kappa shape index (κ2) is 13.3. The normalized spacial score (nSPS) is 18.1. The van der Waals surface area contributed by atoms with Crippen molar-refractivity contribution in [3.63, 3.8) is 0 Å². The van der Waals surface area contributed by atoms with Gasteiger partial charge in [-0.15, -0.1) is 0 Å². The van der Waals surface area contributed by atoms with Gasteiger partial charge in [0.2, 0.25) is 0 Å². The first-order valence-electron chi connectivity index (χ1n) is 16.9. The zero-order chi connectivity index (χ0) is 43.2. The summed E-state index contributed by atoms with van der Waals surface area (Å²) >= 11 is 0. The highest BCUT2D eigenvalue weighted by Gasteiger charge is 2.48. The first-order chi connectivity index (χ1) is 27.4. The van der Waals surface area contributed by atoms with Crippen molar-refractivity contribution in [2.24, 2.45) is 5.92 Å². The van der Waals surface area contributed by atoms with Gasteiger partial charge in [-0.3, -0.25) is 0 Å². The maximum Gasteiger partial charge on any atom is 0.416 e. The number of allylic oxidation sites excluding steroid dienone is 7. The van der Waals surface area contributed by atoms with Gasteiger partial charge in [-0.05, 0) is 116 Å². The average Bonchev–Trinajstić information content (AvgIpc) is 3.61. The standard InChI is InChI=1S/C43H18F12N4/c1-39-5-4-21(23-8-28(42(50,51)52)13-29(9-23)43(53,54)55)11-36(39)38(25(18-58)19-59)34-14-31-30-3-2-20(10-32(30)37(24(16-56)17-57)33(31)15-35(34)39)22-6-26(40(44,45)46)12-27(7-22)41(47,48)49/h2-15,36H,1H3. The Bertz CT molecular complexity index is 2740. The Hall–Kier alpha value is -7.04. The molecule has 16 heteroatoms. The average molecular weight is 819 g/mol. The summed E-state index contributed by atoms with van der Waals surface area (Å²) in [4.78, 5) is 0. The highest BCUT2D eigenvalue weighted by atomic mass is 19.4. The van der Waals surface area contributed by atoms with E-state index in [1.807, 2.05) is 0 Å². The minimum absolute atomic E-state index is 0.0233. The Labute approximate surface area is 325 Å². The number of hydrogen-bond acceptors (Lipinski definition) is 4. The van der Waals surface area contributed by atoms with Gasteiger partial charge in [-0.1, -0.05) is 37.3 Å². The number of fused-ring (bicyclic) bond motifs is 6. The maximum absolute atomic E-state index is 13.8. The lowest BCUT2D eigenvalue weighted by molar-refractivity contribution is -0.144. The Kier molecular flexibility index (Phi) is 9.02. The Balaban J connectivity index is 1.45. The predicted octanol–water partition coefficient (Wildman–Crippen LogP) is 12.6. The lowest BCUT2D eigenvalue weighted by Crippen LogP contribution is -2.26. The summed E-state index contributed by atoms with van der Waals surface area (Å²) < 4.78 is 165. The summed E-state index contributed by atoms with van der Waals surface area (Å²) in [6.45, 7) is 1.63. The van der Waals surface area contributed by atoms with E-state index in [4.69, 9.17) is 0 Å². The number of halogens is 12.